The summed E-state index contributed by atoms with van der Waals surface area (Å²) in [5.74, 6) is 0.545. The number of hydrogen-bond acceptors (Lipinski definition) is 4. The van der Waals surface area contributed by atoms with Crippen LogP contribution in [0.5, 0.6) is 0 Å². The van der Waals surface area contributed by atoms with Gasteiger partial charge >= 0.3 is 0 Å². The fraction of sp³-hybridized carbons (Fsp3) is 0.500. The Hall–Kier alpha value is -1.78. The number of aromatic nitrogens is 3. The minimum Gasteiger partial charge on any atom is -0.368 e. The van der Waals surface area contributed by atoms with Crippen LogP contribution in [0, 0.1) is 6.92 Å². The number of nitrogen functional groups attached to an aromatic ring is 1. The van der Waals surface area contributed by atoms with Gasteiger partial charge in [-0.3, -0.25) is 0 Å². The lowest BCUT2D eigenvalue weighted by atomic mass is 10.2. The van der Waals surface area contributed by atoms with E-state index in [0.29, 0.717) is 5.95 Å². The van der Waals surface area contributed by atoms with Gasteiger partial charge in [0.1, 0.15) is 5.52 Å². The molecule has 17 heavy (non-hydrogen) atoms. The van der Waals surface area contributed by atoms with Crippen LogP contribution < -0.4 is 10.7 Å². The zero-order valence-electron chi connectivity index (χ0n) is 10.1. The molecule has 0 amide bonds. The van der Waals surface area contributed by atoms with E-state index in [0.717, 1.165) is 29.8 Å². The molecule has 0 aromatic carbocycles. The van der Waals surface area contributed by atoms with E-state index in [1.54, 1.807) is 0 Å². The average Bonchev–Trinajstić information content (AvgIpc) is 2.68. The lowest BCUT2D eigenvalue weighted by Gasteiger charge is -2.30. The zero-order chi connectivity index (χ0) is 11.8. The average molecular weight is 231 g/mol. The van der Waals surface area contributed by atoms with Crippen LogP contribution in [-0.2, 0) is 0 Å². The van der Waals surface area contributed by atoms with Gasteiger partial charge in [-0.05, 0) is 37.8 Å². The van der Waals surface area contributed by atoms with Crippen molar-refractivity contribution in [3.8, 4) is 0 Å². The number of aryl methyl sites for hydroxylation is 1. The van der Waals surface area contributed by atoms with E-state index >= 15 is 0 Å². The van der Waals surface area contributed by atoms with Crippen LogP contribution in [0.1, 0.15) is 24.8 Å². The highest BCUT2D eigenvalue weighted by molar-refractivity contribution is 5.77. The predicted octanol–water partition coefficient (Wildman–Crippen LogP) is 1.44. The van der Waals surface area contributed by atoms with Crippen molar-refractivity contribution in [2.75, 3.05) is 23.8 Å². The molecule has 5 nitrogen and oxygen atoms in total. The molecule has 0 radical (unpaired) electrons. The van der Waals surface area contributed by atoms with E-state index in [1.807, 2.05) is 23.9 Å². The summed E-state index contributed by atoms with van der Waals surface area (Å²) in [5, 5.41) is 2.25. The first-order valence-corrected chi connectivity index (χ1v) is 6.12. The molecule has 0 saturated carbocycles. The van der Waals surface area contributed by atoms with Gasteiger partial charge in [-0.2, -0.15) is 0 Å². The van der Waals surface area contributed by atoms with Crippen molar-refractivity contribution in [1.29, 1.82) is 0 Å². The topological polar surface area (TPSA) is 60.0 Å². The van der Waals surface area contributed by atoms with Crippen LogP contribution in [0.4, 0.5) is 5.95 Å². The van der Waals surface area contributed by atoms with Crippen molar-refractivity contribution < 1.29 is 0 Å². The molecule has 90 valence electrons. The maximum atomic E-state index is 6.02. The van der Waals surface area contributed by atoms with Gasteiger partial charge in [0.15, 0.2) is 5.65 Å². The van der Waals surface area contributed by atoms with Crippen LogP contribution in [0.15, 0.2) is 12.3 Å². The number of pyridine rings is 1. The molecule has 0 atom stereocenters. The van der Waals surface area contributed by atoms with Crippen molar-refractivity contribution in [2.24, 2.45) is 0 Å². The largest absolute Gasteiger partial charge is 0.368 e. The van der Waals surface area contributed by atoms with Crippen LogP contribution in [0.3, 0.4) is 0 Å². The first kappa shape index (κ1) is 10.4. The molecule has 1 aliphatic rings. The second-order valence-corrected chi connectivity index (χ2v) is 4.60. The first-order chi connectivity index (χ1) is 8.27. The predicted molar refractivity (Wildman–Crippen MR) is 68.5 cm³/mol. The Labute approximate surface area is 100 Å². The van der Waals surface area contributed by atoms with Gasteiger partial charge in [0, 0.05) is 19.3 Å². The summed E-state index contributed by atoms with van der Waals surface area (Å²) in [4.78, 5) is 8.84. The number of anilines is 1. The summed E-state index contributed by atoms with van der Waals surface area (Å²) in [5.41, 5.74) is 8.94. The van der Waals surface area contributed by atoms with Crippen molar-refractivity contribution >= 4 is 17.1 Å². The fourth-order valence-corrected chi connectivity index (χ4v) is 2.46. The molecule has 5 heteroatoms. The van der Waals surface area contributed by atoms with Crippen molar-refractivity contribution in [2.45, 2.75) is 26.2 Å². The molecular formula is C12H17N5. The highest BCUT2D eigenvalue weighted by atomic mass is 15.6. The standard InChI is InChI=1S/C12H17N5/c1-9-5-6-14-11-10(9)15-12(13)17(11)16-7-3-2-4-8-16/h5-6H,2-4,7-8H2,1H3,(H2,13,15). The Kier molecular flexibility index (Phi) is 2.39. The third-order valence-electron chi connectivity index (χ3n) is 3.37. The Morgan fingerprint density at radius 3 is 2.76 bits per heavy atom. The van der Waals surface area contributed by atoms with Crippen LogP contribution in [0.2, 0.25) is 0 Å². The number of imidazole rings is 1. The van der Waals surface area contributed by atoms with Gasteiger partial charge in [0.2, 0.25) is 5.95 Å². The van der Waals surface area contributed by atoms with Crippen LogP contribution in [0.25, 0.3) is 11.2 Å². The number of fused-ring (bicyclic) bond motifs is 1. The quantitative estimate of drug-likeness (QED) is 0.807. The molecule has 0 spiro atoms. The van der Waals surface area contributed by atoms with Gasteiger partial charge in [-0.1, -0.05) is 0 Å². The number of rotatable bonds is 1. The van der Waals surface area contributed by atoms with Crippen molar-refractivity contribution in [3.05, 3.63) is 17.8 Å². The normalized spacial score (nSPS) is 16.6. The molecule has 2 aromatic heterocycles. The highest BCUT2D eigenvalue weighted by Gasteiger charge is 2.18. The molecule has 3 rings (SSSR count). The Bertz CT molecular complexity index is 539. The van der Waals surface area contributed by atoms with E-state index in [2.05, 4.69) is 15.0 Å². The van der Waals surface area contributed by atoms with Crippen molar-refractivity contribution in [3.63, 3.8) is 0 Å². The monoisotopic (exact) mass is 231 g/mol. The molecule has 1 saturated heterocycles. The van der Waals surface area contributed by atoms with E-state index in [-0.39, 0.29) is 0 Å². The van der Waals surface area contributed by atoms with E-state index in [9.17, 15) is 0 Å². The lowest BCUT2D eigenvalue weighted by molar-refractivity contribution is 0.488. The van der Waals surface area contributed by atoms with Gasteiger partial charge in [-0.25, -0.2) is 14.6 Å². The number of nitrogens with two attached hydrogens (primary N) is 1. The summed E-state index contributed by atoms with van der Waals surface area (Å²) >= 11 is 0. The lowest BCUT2D eigenvalue weighted by Crippen LogP contribution is -2.39. The van der Waals surface area contributed by atoms with Gasteiger partial charge < -0.3 is 10.7 Å². The van der Waals surface area contributed by atoms with Gasteiger partial charge in [-0.15, -0.1) is 0 Å². The first-order valence-electron chi connectivity index (χ1n) is 6.12. The smallest absolute Gasteiger partial charge is 0.222 e. The number of piperidine rings is 1. The van der Waals surface area contributed by atoms with E-state index in [1.165, 1.54) is 19.3 Å². The summed E-state index contributed by atoms with van der Waals surface area (Å²) in [6, 6.07) is 1.97. The minimum absolute atomic E-state index is 0.545. The summed E-state index contributed by atoms with van der Waals surface area (Å²) in [6.45, 7) is 4.10. The second kappa shape index (κ2) is 3.91. The SMILES string of the molecule is Cc1ccnc2c1nc(N)n2N1CCCCC1. The Morgan fingerprint density at radius 2 is 2.00 bits per heavy atom. The van der Waals surface area contributed by atoms with E-state index in [4.69, 9.17) is 5.73 Å². The Balaban J connectivity index is 2.14. The van der Waals surface area contributed by atoms with Gasteiger partial charge in [0.05, 0.1) is 0 Å². The molecule has 0 unspecified atom stereocenters. The van der Waals surface area contributed by atoms with E-state index < -0.39 is 0 Å². The fourth-order valence-electron chi connectivity index (χ4n) is 2.46. The second-order valence-electron chi connectivity index (χ2n) is 4.60. The summed E-state index contributed by atoms with van der Waals surface area (Å²) in [7, 11) is 0. The number of hydrogen-bond donors (Lipinski definition) is 1. The third kappa shape index (κ3) is 1.62. The molecular weight excluding hydrogens is 214 g/mol. The summed E-state index contributed by atoms with van der Waals surface area (Å²) < 4.78 is 1.97. The summed E-state index contributed by atoms with van der Waals surface area (Å²) in [6.07, 6.45) is 5.55. The van der Waals surface area contributed by atoms with Crippen molar-refractivity contribution in [1.82, 2.24) is 14.6 Å². The molecule has 0 bridgehead atoms. The molecule has 2 aromatic rings. The van der Waals surface area contributed by atoms with Gasteiger partial charge in [0.25, 0.3) is 0 Å². The molecule has 3 heterocycles. The third-order valence-corrected chi connectivity index (χ3v) is 3.37. The van der Waals surface area contributed by atoms with Crippen LogP contribution in [-0.4, -0.2) is 27.7 Å². The molecule has 0 aliphatic carbocycles. The zero-order valence-corrected chi connectivity index (χ0v) is 10.1. The van der Waals surface area contributed by atoms with Crippen LogP contribution >= 0.6 is 0 Å². The minimum atomic E-state index is 0.545. The molecule has 2 N–H and O–H groups in total. The molecule has 1 aliphatic heterocycles. The molecule has 1 fully saturated rings. The highest BCUT2D eigenvalue weighted by Crippen LogP contribution is 2.20. The maximum Gasteiger partial charge on any atom is 0.222 e. The maximum absolute atomic E-state index is 6.02. The number of nitrogens with zero attached hydrogens (tertiary/aromatic N) is 4. The Morgan fingerprint density at radius 1 is 1.24 bits per heavy atom.